The van der Waals surface area contributed by atoms with Gasteiger partial charge in [0.25, 0.3) is 0 Å². The van der Waals surface area contributed by atoms with Crippen molar-refractivity contribution >= 4 is 17.3 Å². The molecule has 0 radical (unpaired) electrons. The number of nitrogens with zero attached hydrogens (tertiary/aromatic N) is 1. The maximum Gasteiger partial charge on any atom is 0.0992 e. The lowest BCUT2D eigenvalue weighted by Crippen LogP contribution is -2.33. The van der Waals surface area contributed by atoms with E-state index in [-0.39, 0.29) is 0 Å². The van der Waals surface area contributed by atoms with Crippen LogP contribution >= 0.6 is 11.6 Å². The van der Waals surface area contributed by atoms with Crippen LogP contribution in [0.1, 0.15) is 38.7 Å². The van der Waals surface area contributed by atoms with Crippen LogP contribution in [0.4, 0.5) is 5.69 Å². The van der Waals surface area contributed by atoms with E-state index in [2.05, 4.69) is 25.2 Å². The molecule has 2 rings (SSSR count). The molecule has 3 unspecified atom stereocenters. The minimum absolute atomic E-state index is 0.492. The molecule has 3 heteroatoms. The van der Waals surface area contributed by atoms with Crippen LogP contribution < -0.4 is 5.32 Å². The highest BCUT2D eigenvalue weighted by molar-refractivity contribution is 6.33. The Morgan fingerprint density at radius 3 is 2.72 bits per heavy atom. The Kier molecular flexibility index (Phi) is 4.14. The van der Waals surface area contributed by atoms with E-state index in [4.69, 9.17) is 16.9 Å². The molecule has 1 aromatic carbocycles. The van der Waals surface area contributed by atoms with E-state index >= 15 is 0 Å². The molecule has 0 spiro atoms. The van der Waals surface area contributed by atoms with E-state index in [1.54, 1.807) is 6.07 Å². The van der Waals surface area contributed by atoms with Crippen molar-refractivity contribution in [2.45, 2.75) is 39.2 Å². The van der Waals surface area contributed by atoms with E-state index in [1.807, 2.05) is 12.1 Å². The molecule has 1 N–H and O–H groups in total. The first kappa shape index (κ1) is 13.2. The van der Waals surface area contributed by atoms with Crippen molar-refractivity contribution in [1.82, 2.24) is 0 Å². The molecule has 0 aromatic heterocycles. The molecule has 1 saturated carbocycles. The summed E-state index contributed by atoms with van der Waals surface area (Å²) in [7, 11) is 0. The summed E-state index contributed by atoms with van der Waals surface area (Å²) in [6, 6.07) is 8.03. The van der Waals surface area contributed by atoms with Gasteiger partial charge >= 0.3 is 0 Å². The van der Waals surface area contributed by atoms with Crippen LogP contribution in [0.5, 0.6) is 0 Å². The highest BCUT2D eigenvalue weighted by Crippen LogP contribution is 2.32. The van der Waals surface area contributed by atoms with Crippen molar-refractivity contribution in [3.63, 3.8) is 0 Å². The Hall–Kier alpha value is -1.20. The Morgan fingerprint density at radius 1 is 1.33 bits per heavy atom. The third-order valence-electron chi connectivity index (χ3n) is 3.87. The zero-order chi connectivity index (χ0) is 13.1. The van der Waals surface area contributed by atoms with Gasteiger partial charge in [-0.3, -0.25) is 0 Å². The van der Waals surface area contributed by atoms with E-state index in [9.17, 15) is 0 Å². The van der Waals surface area contributed by atoms with Gasteiger partial charge in [0.2, 0.25) is 0 Å². The zero-order valence-electron chi connectivity index (χ0n) is 10.9. The summed E-state index contributed by atoms with van der Waals surface area (Å²) in [5.41, 5.74) is 1.55. The van der Waals surface area contributed by atoms with E-state index < -0.39 is 0 Å². The quantitative estimate of drug-likeness (QED) is 0.855. The number of benzene rings is 1. The van der Waals surface area contributed by atoms with E-state index in [0.717, 1.165) is 11.6 Å². The minimum atomic E-state index is 0.492. The molecule has 0 heterocycles. The van der Waals surface area contributed by atoms with Gasteiger partial charge in [0.15, 0.2) is 0 Å². The summed E-state index contributed by atoms with van der Waals surface area (Å²) in [5.74, 6) is 1.50. The van der Waals surface area contributed by atoms with Crippen LogP contribution in [0.3, 0.4) is 0 Å². The molecule has 3 atom stereocenters. The van der Waals surface area contributed by atoms with Gasteiger partial charge in [-0.15, -0.1) is 0 Å². The summed E-state index contributed by atoms with van der Waals surface area (Å²) >= 11 is 6.19. The van der Waals surface area contributed by atoms with Crippen molar-refractivity contribution in [2.24, 2.45) is 11.8 Å². The second-order valence-electron chi connectivity index (χ2n) is 5.45. The van der Waals surface area contributed by atoms with Crippen LogP contribution in [0.15, 0.2) is 18.2 Å². The molecule has 1 aromatic rings. The van der Waals surface area contributed by atoms with Gasteiger partial charge in [0.1, 0.15) is 0 Å². The van der Waals surface area contributed by atoms with Gasteiger partial charge in [0, 0.05) is 6.04 Å². The Labute approximate surface area is 114 Å². The fourth-order valence-corrected chi connectivity index (χ4v) is 3.02. The smallest absolute Gasteiger partial charge is 0.0992 e. The molecule has 0 saturated heterocycles. The predicted molar refractivity (Wildman–Crippen MR) is 75.8 cm³/mol. The molecule has 18 heavy (non-hydrogen) atoms. The van der Waals surface area contributed by atoms with Crippen LogP contribution in [0, 0.1) is 23.2 Å². The fourth-order valence-electron chi connectivity index (χ4n) is 2.78. The number of nitriles is 1. The van der Waals surface area contributed by atoms with Crippen molar-refractivity contribution in [2.75, 3.05) is 5.32 Å². The van der Waals surface area contributed by atoms with Crippen molar-refractivity contribution < 1.29 is 0 Å². The number of anilines is 1. The Balaban J connectivity index is 2.08. The first-order valence-electron chi connectivity index (χ1n) is 6.56. The number of hydrogen-bond donors (Lipinski definition) is 1. The van der Waals surface area contributed by atoms with Crippen molar-refractivity contribution in [3.05, 3.63) is 28.8 Å². The van der Waals surface area contributed by atoms with Crippen LogP contribution in [0.25, 0.3) is 0 Å². The average Bonchev–Trinajstić information content (AvgIpc) is 2.34. The summed E-state index contributed by atoms with van der Waals surface area (Å²) in [6.07, 6.45) is 3.74. The topological polar surface area (TPSA) is 35.8 Å². The SMILES string of the molecule is CC1CCC(Nc2ccc(C#N)cc2Cl)C(C)C1. The van der Waals surface area contributed by atoms with Gasteiger partial charge in [-0.2, -0.15) is 5.26 Å². The molecule has 0 bridgehead atoms. The highest BCUT2D eigenvalue weighted by atomic mass is 35.5. The maximum absolute atomic E-state index is 8.82. The Morgan fingerprint density at radius 2 is 2.11 bits per heavy atom. The largest absolute Gasteiger partial charge is 0.381 e. The van der Waals surface area contributed by atoms with Gasteiger partial charge in [-0.1, -0.05) is 25.4 Å². The lowest BCUT2D eigenvalue weighted by atomic mass is 9.80. The van der Waals surface area contributed by atoms with Crippen molar-refractivity contribution in [3.8, 4) is 6.07 Å². The third-order valence-corrected chi connectivity index (χ3v) is 4.18. The summed E-state index contributed by atoms with van der Waals surface area (Å²) in [5, 5.41) is 13.0. The fraction of sp³-hybridized carbons (Fsp3) is 0.533. The van der Waals surface area contributed by atoms with Gasteiger partial charge in [-0.05, 0) is 49.3 Å². The normalized spacial score (nSPS) is 27.6. The summed E-state index contributed by atoms with van der Waals surface area (Å²) < 4.78 is 0. The van der Waals surface area contributed by atoms with Crippen LogP contribution in [-0.4, -0.2) is 6.04 Å². The lowest BCUT2D eigenvalue weighted by molar-refractivity contribution is 0.276. The summed E-state index contributed by atoms with van der Waals surface area (Å²) in [4.78, 5) is 0. The summed E-state index contributed by atoms with van der Waals surface area (Å²) in [6.45, 7) is 4.62. The lowest BCUT2D eigenvalue weighted by Gasteiger charge is -2.34. The second kappa shape index (κ2) is 5.63. The molecule has 0 amide bonds. The molecule has 2 nitrogen and oxygen atoms in total. The number of halogens is 1. The standard InChI is InChI=1S/C15H19ClN2/c1-10-3-5-14(11(2)7-10)18-15-6-4-12(9-17)8-13(15)16/h4,6,8,10-11,14,18H,3,5,7H2,1-2H3. The molecule has 1 aliphatic rings. The molecular formula is C15H19ClN2. The minimum Gasteiger partial charge on any atom is -0.381 e. The monoisotopic (exact) mass is 262 g/mol. The predicted octanol–water partition coefficient (Wildman–Crippen LogP) is 4.45. The molecular weight excluding hydrogens is 244 g/mol. The van der Waals surface area contributed by atoms with Gasteiger partial charge < -0.3 is 5.32 Å². The van der Waals surface area contributed by atoms with Gasteiger partial charge in [0.05, 0.1) is 22.3 Å². The Bertz CT molecular complexity index is 464. The van der Waals surface area contributed by atoms with Crippen LogP contribution in [0.2, 0.25) is 5.02 Å². The zero-order valence-corrected chi connectivity index (χ0v) is 11.7. The average molecular weight is 263 g/mol. The van der Waals surface area contributed by atoms with E-state index in [0.29, 0.717) is 22.5 Å². The maximum atomic E-state index is 8.82. The van der Waals surface area contributed by atoms with Crippen molar-refractivity contribution in [1.29, 1.82) is 5.26 Å². The van der Waals surface area contributed by atoms with E-state index in [1.165, 1.54) is 19.3 Å². The first-order valence-corrected chi connectivity index (χ1v) is 6.94. The second-order valence-corrected chi connectivity index (χ2v) is 5.86. The van der Waals surface area contributed by atoms with Gasteiger partial charge in [-0.25, -0.2) is 0 Å². The molecule has 1 fully saturated rings. The number of hydrogen-bond acceptors (Lipinski definition) is 2. The number of rotatable bonds is 2. The first-order chi connectivity index (χ1) is 8.60. The molecule has 1 aliphatic carbocycles. The molecule has 96 valence electrons. The molecule has 0 aliphatic heterocycles. The third kappa shape index (κ3) is 2.97. The highest BCUT2D eigenvalue weighted by Gasteiger charge is 2.25. The van der Waals surface area contributed by atoms with Crippen LogP contribution in [-0.2, 0) is 0 Å². The number of nitrogens with one attached hydrogen (secondary N) is 1.